The van der Waals surface area contributed by atoms with E-state index < -0.39 is 22.7 Å². The third-order valence-electron chi connectivity index (χ3n) is 3.95. The second-order valence-electron chi connectivity index (χ2n) is 7.68. The number of nitrogens with zero attached hydrogens (tertiary/aromatic N) is 5. The van der Waals surface area contributed by atoms with Crippen LogP contribution in [0.15, 0.2) is 34.2 Å². The minimum atomic E-state index is -0.710. The Morgan fingerprint density at radius 2 is 1.89 bits per heavy atom. The average Bonchev–Trinajstić information content (AvgIpc) is 2.70. The molecule has 0 radical (unpaired) electrons. The molecule has 2 rings (SSSR count). The van der Waals surface area contributed by atoms with Crippen LogP contribution in [0.5, 0.6) is 0 Å². The molecule has 0 atom stereocenters. The van der Waals surface area contributed by atoms with E-state index in [4.69, 9.17) is 4.74 Å². The standard InChI is InChI=1S/C19H27N5O4/c1-19(2,3)28-18(26)24(12-11-22(4)5)16-13-9-7-8-10-14(13)23(6)17(25)15(20-16)21-27/h7-10,27H,11-12H2,1-6H3/b21-15+. The number of carbonyl (C=O) groups is 1. The Hall–Kier alpha value is -2.94. The number of para-hydroxylation sites is 1. The Balaban J connectivity index is 2.81. The summed E-state index contributed by atoms with van der Waals surface area (Å²) < 4.78 is 6.88. The molecule has 9 heteroatoms. The van der Waals surface area contributed by atoms with Crippen molar-refractivity contribution in [1.29, 1.82) is 0 Å². The lowest BCUT2D eigenvalue weighted by atomic mass is 10.2. The van der Waals surface area contributed by atoms with Gasteiger partial charge in [0.1, 0.15) is 11.4 Å². The summed E-state index contributed by atoms with van der Waals surface area (Å²) in [6.07, 6.45) is -0.600. The summed E-state index contributed by atoms with van der Waals surface area (Å²) in [5, 5.41) is 12.9. The molecule has 9 nitrogen and oxygen atoms in total. The van der Waals surface area contributed by atoms with E-state index >= 15 is 0 Å². The van der Waals surface area contributed by atoms with Gasteiger partial charge >= 0.3 is 6.09 Å². The van der Waals surface area contributed by atoms with Gasteiger partial charge in [0.2, 0.25) is 0 Å². The first-order chi connectivity index (χ1) is 13.0. The van der Waals surface area contributed by atoms with Gasteiger partial charge in [0.05, 0.1) is 5.52 Å². The minimum absolute atomic E-state index is 0.192. The number of carbonyl (C=O) groups excluding carboxylic acids is 1. The van der Waals surface area contributed by atoms with Crippen molar-refractivity contribution >= 4 is 22.8 Å². The van der Waals surface area contributed by atoms with Crippen molar-refractivity contribution in [2.24, 2.45) is 12.2 Å². The van der Waals surface area contributed by atoms with Crippen LogP contribution in [0.4, 0.5) is 10.6 Å². The molecule has 0 aliphatic carbocycles. The lowest BCUT2D eigenvalue weighted by molar-refractivity contribution is 0.0577. The lowest BCUT2D eigenvalue weighted by Gasteiger charge is -2.27. The van der Waals surface area contributed by atoms with E-state index in [1.54, 1.807) is 52.1 Å². The number of hydrogen-bond donors (Lipinski definition) is 1. The minimum Gasteiger partial charge on any atom is -0.443 e. The first kappa shape index (κ1) is 21.4. The zero-order valence-corrected chi connectivity index (χ0v) is 17.1. The maximum Gasteiger partial charge on any atom is 0.416 e. The van der Waals surface area contributed by atoms with Gasteiger partial charge in [0, 0.05) is 25.5 Å². The SMILES string of the molecule is CN(C)CCN(C(=O)OC(C)(C)C)c1n/c(=N/O)c(=O)n(C)c2ccccc12. The van der Waals surface area contributed by atoms with Crippen LogP contribution in [0.25, 0.3) is 10.9 Å². The smallest absolute Gasteiger partial charge is 0.416 e. The highest BCUT2D eigenvalue weighted by atomic mass is 16.6. The normalized spacial score (nSPS) is 12.5. The van der Waals surface area contributed by atoms with E-state index in [9.17, 15) is 14.8 Å². The highest BCUT2D eigenvalue weighted by Crippen LogP contribution is 2.23. The van der Waals surface area contributed by atoms with E-state index in [-0.39, 0.29) is 12.4 Å². The molecule has 152 valence electrons. The molecule has 28 heavy (non-hydrogen) atoms. The Morgan fingerprint density at radius 3 is 2.46 bits per heavy atom. The van der Waals surface area contributed by atoms with Crippen LogP contribution < -0.4 is 15.9 Å². The summed E-state index contributed by atoms with van der Waals surface area (Å²) in [6, 6.07) is 7.06. The molecule has 1 aromatic heterocycles. The number of anilines is 1. The molecular formula is C19H27N5O4. The first-order valence-corrected chi connectivity index (χ1v) is 8.88. The highest BCUT2D eigenvalue weighted by Gasteiger charge is 2.26. The van der Waals surface area contributed by atoms with Crippen molar-refractivity contribution in [1.82, 2.24) is 14.5 Å². The van der Waals surface area contributed by atoms with Gasteiger partial charge in [-0.25, -0.2) is 9.78 Å². The number of amides is 1. The molecule has 0 unspecified atom stereocenters. The predicted octanol–water partition coefficient (Wildman–Crippen LogP) is 1.53. The van der Waals surface area contributed by atoms with Gasteiger partial charge in [-0.3, -0.25) is 9.69 Å². The van der Waals surface area contributed by atoms with E-state index in [2.05, 4.69) is 10.1 Å². The average molecular weight is 389 g/mol. The first-order valence-electron chi connectivity index (χ1n) is 8.88. The molecule has 0 saturated heterocycles. The van der Waals surface area contributed by atoms with E-state index in [0.29, 0.717) is 17.4 Å². The molecule has 1 amide bonds. The van der Waals surface area contributed by atoms with Gasteiger partial charge < -0.3 is 19.4 Å². The molecule has 0 spiro atoms. The summed E-state index contributed by atoms with van der Waals surface area (Å²) in [5.41, 5.74) is -1.16. The van der Waals surface area contributed by atoms with Crippen molar-refractivity contribution < 1.29 is 14.7 Å². The van der Waals surface area contributed by atoms with E-state index in [1.807, 2.05) is 19.0 Å². The summed E-state index contributed by atoms with van der Waals surface area (Å²) in [4.78, 5) is 33.0. The number of rotatable bonds is 4. The predicted molar refractivity (Wildman–Crippen MR) is 106 cm³/mol. The van der Waals surface area contributed by atoms with Crippen LogP contribution in [-0.4, -0.2) is 58.5 Å². The maximum absolute atomic E-state index is 13.0. The fourth-order valence-electron chi connectivity index (χ4n) is 2.59. The number of aryl methyl sites for hydroxylation is 1. The van der Waals surface area contributed by atoms with Crippen molar-refractivity contribution in [2.75, 3.05) is 32.1 Å². The summed E-state index contributed by atoms with van der Waals surface area (Å²) in [7, 11) is 5.32. The topological polar surface area (TPSA) is 100 Å². The van der Waals surface area contributed by atoms with Crippen LogP contribution >= 0.6 is 0 Å². The largest absolute Gasteiger partial charge is 0.443 e. The second-order valence-corrected chi connectivity index (χ2v) is 7.68. The van der Waals surface area contributed by atoms with Crippen molar-refractivity contribution in [3.05, 3.63) is 40.1 Å². The van der Waals surface area contributed by atoms with Crippen molar-refractivity contribution in [2.45, 2.75) is 26.4 Å². The Kier molecular flexibility index (Phi) is 6.40. The highest BCUT2D eigenvalue weighted by molar-refractivity contribution is 5.98. The van der Waals surface area contributed by atoms with Gasteiger partial charge in [-0.2, -0.15) is 0 Å². The number of likely N-dealkylation sites (N-methyl/N-ethyl adjacent to an activating group) is 1. The Labute approximate surface area is 163 Å². The van der Waals surface area contributed by atoms with Gasteiger partial charge in [-0.1, -0.05) is 17.3 Å². The van der Waals surface area contributed by atoms with E-state index in [1.165, 1.54) is 9.47 Å². The molecule has 1 N–H and O–H groups in total. The summed E-state index contributed by atoms with van der Waals surface area (Å²) in [6.45, 7) is 6.13. The van der Waals surface area contributed by atoms with Gasteiger partial charge in [-0.05, 0) is 47.0 Å². The third-order valence-corrected chi connectivity index (χ3v) is 3.95. The van der Waals surface area contributed by atoms with Crippen LogP contribution in [0, 0.1) is 0 Å². The fourth-order valence-corrected chi connectivity index (χ4v) is 2.59. The molecule has 0 fully saturated rings. The fraction of sp³-hybridized carbons (Fsp3) is 0.474. The van der Waals surface area contributed by atoms with Gasteiger partial charge in [0.25, 0.3) is 11.0 Å². The van der Waals surface area contributed by atoms with Crippen LogP contribution in [0.3, 0.4) is 0 Å². The zero-order valence-electron chi connectivity index (χ0n) is 17.1. The quantitative estimate of drug-likeness (QED) is 0.629. The molecule has 2 aromatic rings. The van der Waals surface area contributed by atoms with Gasteiger partial charge in [-0.15, -0.1) is 0 Å². The monoisotopic (exact) mass is 389 g/mol. The lowest BCUT2D eigenvalue weighted by Crippen LogP contribution is -2.42. The zero-order chi connectivity index (χ0) is 21.1. The summed E-state index contributed by atoms with van der Waals surface area (Å²) in [5.74, 6) is 0.192. The number of aromatic nitrogens is 2. The Bertz CT molecular complexity index is 992. The van der Waals surface area contributed by atoms with Crippen LogP contribution in [0.1, 0.15) is 20.8 Å². The van der Waals surface area contributed by atoms with Crippen LogP contribution in [0.2, 0.25) is 0 Å². The van der Waals surface area contributed by atoms with Gasteiger partial charge in [0.15, 0.2) is 0 Å². The molecular weight excluding hydrogens is 362 g/mol. The number of fused-ring (bicyclic) bond motifs is 1. The molecule has 1 aromatic carbocycles. The summed E-state index contributed by atoms with van der Waals surface area (Å²) >= 11 is 0. The van der Waals surface area contributed by atoms with Crippen LogP contribution in [-0.2, 0) is 11.8 Å². The number of ether oxygens (including phenoxy) is 1. The van der Waals surface area contributed by atoms with E-state index in [0.717, 1.165) is 0 Å². The molecule has 0 saturated carbocycles. The molecule has 0 aliphatic rings. The number of hydrogen-bond acceptors (Lipinski definition) is 7. The molecule has 0 bridgehead atoms. The Morgan fingerprint density at radius 1 is 1.25 bits per heavy atom. The van der Waals surface area contributed by atoms with Crippen molar-refractivity contribution in [3.8, 4) is 0 Å². The molecule has 0 aliphatic heterocycles. The van der Waals surface area contributed by atoms with Crippen molar-refractivity contribution in [3.63, 3.8) is 0 Å². The maximum atomic E-state index is 13.0. The third kappa shape index (κ3) is 4.86. The number of benzene rings is 1. The molecule has 1 heterocycles. The second kappa shape index (κ2) is 8.39.